The van der Waals surface area contributed by atoms with E-state index in [0.717, 1.165) is 16.5 Å². The van der Waals surface area contributed by atoms with Crippen LogP contribution in [0.25, 0.3) is 0 Å². The van der Waals surface area contributed by atoms with Gasteiger partial charge in [-0.2, -0.15) is 0 Å². The number of ether oxygens (including phenoxy) is 1. The number of non-ortho nitro benzene ring substituents is 1. The fourth-order valence-electron chi connectivity index (χ4n) is 5.57. The van der Waals surface area contributed by atoms with Gasteiger partial charge in [-0.15, -0.1) is 0 Å². The Morgan fingerprint density at radius 2 is 1.50 bits per heavy atom. The summed E-state index contributed by atoms with van der Waals surface area (Å²) >= 11 is 0. The Morgan fingerprint density at radius 3 is 2.11 bits per heavy atom. The van der Waals surface area contributed by atoms with Crippen LogP contribution in [0.2, 0.25) is 0 Å². The zero-order valence-electron chi connectivity index (χ0n) is 18.9. The summed E-state index contributed by atoms with van der Waals surface area (Å²) in [4.78, 5) is 66.6. The van der Waals surface area contributed by atoms with Gasteiger partial charge in [0, 0.05) is 23.3 Å². The number of nitrogens with zero attached hydrogens (tertiary/aromatic N) is 2. The molecule has 3 atom stereocenters. The number of ketones is 2. The minimum Gasteiger partial charge on any atom is -0.349 e. The molecule has 9 heteroatoms. The van der Waals surface area contributed by atoms with Crippen molar-refractivity contribution in [3.8, 4) is 0 Å². The first-order valence-corrected chi connectivity index (χ1v) is 11.3. The molecule has 0 aromatic heterocycles. The van der Waals surface area contributed by atoms with Crippen LogP contribution in [0.5, 0.6) is 0 Å². The van der Waals surface area contributed by atoms with Crippen LogP contribution in [0.3, 0.4) is 0 Å². The van der Waals surface area contributed by atoms with Gasteiger partial charge in [0.05, 0.1) is 28.6 Å². The standard InChI is InChI=1S/C27H18N2O7/c1-14-9-11-15(12-10-14)22-20-21(27(36-22)23(30)18-7-2-3-8-19(18)24(27)31)26(33)28(25(20)32)16-5-4-6-17(13-16)29(34)35/h2-13,20-22H,1H3/t20-,21-,22-/m1/s1. The van der Waals surface area contributed by atoms with E-state index < -0.39 is 51.8 Å². The van der Waals surface area contributed by atoms with Crippen molar-refractivity contribution < 1.29 is 28.8 Å². The number of fused-ring (bicyclic) bond motifs is 3. The number of anilines is 1. The molecule has 0 bridgehead atoms. The third-order valence-corrected chi connectivity index (χ3v) is 7.22. The maximum absolute atomic E-state index is 13.9. The summed E-state index contributed by atoms with van der Waals surface area (Å²) in [5, 5.41) is 11.3. The Hall–Kier alpha value is -4.50. The molecule has 2 aliphatic heterocycles. The molecule has 1 aliphatic carbocycles. The van der Waals surface area contributed by atoms with Crippen molar-refractivity contribution in [2.75, 3.05) is 4.90 Å². The molecule has 0 saturated carbocycles. The van der Waals surface area contributed by atoms with Crippen molar-refractivity contribution >= 4 is 34.8 Å². The lowest BCUT2D eigenvalue weighted by Crippen LogP contribution is -2.51. The number of carbonyl (C=O) groups excluding carboxylic acids is 4. The lowest BCUT2D eigenvalue weighted by atomic mass is 9.77. The van der Waals surface area contributed by atoms with Crippen molar-refractivity contribution in [1.82, 2.24) is 0 Å². The van der Waals surface area contributed by atoms with Gasteiger partial charge in [0.2, 0.25) is 29.0 Å². The Morgan fingerprint density at radius 1 is 0.861 bits per heavy atom. The third-order valence-electron chi connectivity index (χ3n) is 7.22. The molecular formula is C27H18N2O7. The number of nitro groups is 1. The molecular weight excluding hydrogens is 464 g/mol. The lowest BCUT2D eigenvalue weighted by Gasteiger charge is -2.27. The molecule has 0 radical (unpaired) electrons. The van der Waals surface area contributed by atoms with Gasteiger partial charge in [0.15, 0.2) is 0 Å². The van der Waals surface area contributed by atoms with Crippen LogP contribution in [0.4, 0.5) is 11.4 Å². The number of rotatable bonds is 3. The van der Waals surface area contributed by atoms with E-state index in [9.17, 15) is 29.3 Å². The zero-order valence-corrected chi connectivity index (χ0v) is 18.9. The molecule has 2 amide bonds. The highest BCUT2D eigenvalue weighted by Crippen LogP contribution is 2.57. The summed E-state index contributed by atoms with van der Waals surface area (Å²) in [6.45, 7) is 1.89. The highest BCUT2D eigenvalue weighted by Gasteiger charge is 2.74. The molecule has 3 aromatic rings. The van der Waals surface area contributed by atoms with Gasteiger partial charge in [-0.05, 0) is 18.6 Å². The molecule has 1 spiro atoms. The molecule has 3 aliphatic rings. The summed E-state index contributed by atoms with van der Waals surface area (Å²) in [6.07, 6.45) is -1.04. The van der Waals surface area contributed by atoms with Gasteiger partial charge < -0.3 is 4.74 Å². The first-order chi connectivity index (χ1) is 17.3. The second-order valence-electron chi connectivity index (χ2n) is 9.18. The van der Waals surface area contributed by atoms with Gasteiger partial charge >= 0.3 is 0 Å². The summed E-state index contributed by atoms with van der Waals surface area (Å²) in [6, 6.07) is 18.5. The zero-order chi connectivity index (χ0) is 25.4. The molecule has 3 aromatic carbocycles. The van der Waals surface area contributed by atoms with E-state index in [4.69, 9.17) is 4.74 Å². The number of carbonyl (C=O) groups is 4. The van der Waals surface area contributed by atoms with Crippen molar-refractivity contribution in [3.05, 3.63) is 105 Å². The van der Waals surface area contributed by atoms with Crippen molar-refractivity contribution in [2.45, 2.75) is 18.6 Å². The maximum atomic E-state index is 13.9. The summed E-state index contributed by atoms with van der Waals surface area (Å²) in [7, 11) is 0. The summed E-state index contributed by atoms with van der Waals surface area (Å²) in [5.41, 5.74) is -0.707. The van der Waals surface area contributed by atoms with E-state index >= 15 is 0 Å². The molecule has 6 rings (SSSR count). The largest absolute Gasteiger partial charge is 0.349 e. The number of benzene rings is 3. The quantitative estimate of drug-likeness (QED) is 0.242. The third kappa shape index (κ3) is 2.74. The van der Waals surface area contributed by atoms with E-state index in [0.29, 0.717) is 5.56 Å². The second-order valence-corrected chi connectivity index (χ2v) is 9.18. The lowest BCUT2D eigenvalue weighted by molar-refractivity contribution is -0.384. The molecule has 2 fully saturated rings. The average Bonchev–Trinajstić information content (AvgIpc) is 3.44. The Bertz CT molecular complexity index is 1480. The number of amides is 2. The smallest absolute Gasteiger partial charge is 0.271 e. The number of hydrogen-bond acceptors (Lipinski definition) is 7. The molecule has 2 heterocycles. The highest BCUT2D eigenvalue weighted by molar-refractivity contribution is 6.37. The SMILES string of the molecule is Cc1ccc([C@H]2OC3(C(=O)c4ccccc4C3=O)[C@H]3C(=O)N(c4cccc([N+](=O)[O-])c4)C(=O)[C@@H]23)cc1. The maximum Gasteiger partial charge on any atom is 0.271 e. The van der Waals surface area contributed by atoms with Crippen LogP contribution < -0.4 is 4.90 Å². The van der Waals surface area contributed by atoms with Crippen LogP contribution >= 0.6 is 0 Å². The molecule has 9 nitrogen and oxygen atoms in total. The number of imide groups is 1. The molecule has 2 saturated heterocycles. The van der Waals surface area contributed by atoms with Crippen LogP contribution in [0.1, 0.15) is 37.9 Å². The van der Waals surface area contributed by atoms with Crippen LogP contribution in [-0.2, 0) is 14.3 Å². The van der Waals surface area contributed by atoms with Crippen molar-refractivity contribution in [2.24, 2.45) is 11.8 Å². The number of aryl methyl sites for hydroxylation is 1. The normalized spacial score (nSPS) is 23.9. The van der Waals surface area contributed by atoms with Crippen molar-refractivity contribution in [3.63, 3.8) is 0 Å². The topological polar surface area (TPSA) is 124 Å². The highest BCUT2D eigenvalue weighted by atomic mass is 16.6. The predicted molar refractivity (Wildman–Crippen MR) is 125 cm³/mol. The first kappa shape index (κ1) is 22.0. The number of Topliss-reactive ketones (excluding diaryl/α,β-unsaturated/α-hetero) is 2. The second kappa shape index (κ2) is 7.50. The number of hydrogen-bond donors (Lipinski definition) is 0. The summed E-state index contributed by atoms with van der Waals surface area (Å²) in [5.74, 6) is -5.37. The minimum absolute atomic E-state index is 0.00168. The monoisotopic (exact) mass is 482 g/mol. The Balaban J connectivity index is 1.54. The predicted octanol–water partition coefficient (Wildman–Crippen LogP) is 3.60. The summed E-state index contributed by atoms with van der Waals surface area (Å²) < 4.78 is 6.22. The molecule has 0 N–H and O–H groups in total. The van der Waals surface area contributed by atoms with Gasteiger partial charge in [0.25, 0.3) is 5.69 Å². The number of nitro benzene ring substituents is 1. The fraction of sp³-hybridized carbons (Fsp3) is 0.185. The molecule has 36 heavy (non-hydrogen) atoms. The minimum atomic E-state index is -2.19. The van der Waals surface area contributed by atoms with Gasteiger partial charge in [-0.25, -0.2) is 4.90 Å². The van der Waals surface area contributed by atoms with Gasteiger partial charge in [0.1, 0.15) is 0 Å². The molecule has 178 valence electrons. The van der Waals surface area contributed by atoms with E-state index in [2.05, 4.69) is 0 Å². The van der Waals surface area contributed by atoms with Crippen LogP contribution in [0.15, 0.2) is 72.8 Å². The fourth-order valence-corrected chi connectivity index (χ4v) is 5.57. The van der Waals surface area contributed by atoms with E-state index in [1.54, 1.807) is 24.3 Å². The average molecular weight is 482 g/mol. The van der Waals surface area contributed by atoms with Crippen molar-refractivity contribution in [1.29, 1.82) is 0 Å². The Labute approximate surface area is 204 Å². The van der Waals surface area contributed by atoms with E-state index in [1.165, 1.54) is 30.3 Å². The van der Waals surface area contributed by atoms with Gasteiger partial charge in [-0.1, -0.05) is 60.2 Å². The Kier molecular flexibility index (Phi) is 4.58. The molecule has 0 unspecified atom stereocenters. The van der Waals surface area contributed by atoms with Crippen LogP contribution in [-0.4, -0.2) is 33.9 Å². The van der Waals surface area contributed by atoms with Crippen LogP contribution in [0, 0.1) is 28.9 Å². The van der Waals surface area contributed by atoms with Gasteiger partial charge in [-0.3, -0.25) is 29.3 Å². The first-order valence-electron chi connectivity index (χ1n) is 11.3. The van der Waals surface area contributed by atoms with E-state index in [1.807, 2.05) is 19.1 Å². The van der Waals surface area contributed by atoms with E-state index in [-0.39, 0.29) is 22.5 Å².